The van der Waals surface area contributed by atoms with Gasteiger partial charge in [0.25, 0.3) is 11.8 Å². The highest BCUT2D eigenvalue weighted by Gasteiger charge is 2.17. The Morgan fingerprint density at radius 2 is 1.89 bits per heavy atom. The van der Waals surface area contributed by atoms with Crippen LogP contribution in [0.15, 0.2) is 36.4 Å². The highest BCUT2D eigenvalue weighted by molar-refractivity contribution is 6.32. The third-order valence-electron chi connectivity index (χ3n) is 3.81. The quantitative estimate of drug-likeness (QED) is 0.738. The molecule has 0 aliphatic heterocycles. The van der Waals surface area contributed by atoms with Crippen molar-refractivity contribution < 1.29 is 23.5 Å². The van der Waals surface area contributed by atoms with Crippen LogP contribution in [0.1, 0.15) is 18.1 Å². The van der Waals surface area contributed by atoms with Crippen LogP contribution in [-0.4, -0.2) is 24.5 Å². The minimum atomic E-state index is -0.821. The summed E-state index contributed by atoms with van der Waals surface area (Å²) in [4.78, 5) is 23.8. The van der Waals surface area contributed by atoms with Crippen LogP contribution in [0.4, 0.5) is 4.39 Å². The molecule has 0 saturated heterocycles. The highest BCUT2D eigenvalue weighted by Crippen LogP contribution is 2.24. The summed E-state index contributed by atoms with van der Waals surface area (Å²) in [6.45, 7) is 5.01. The van der Waals surface area contributed by atoms with E-state index in [0.29, 0.717) is 5.75 Å². The number of carbonyl (C=O) groups is 2. The van der Waals surface area contributed by atoms with Crippen molar-refractivity contribution in [3.05, 3.63) is 58.4 Å². The molecule has 0 aliphatic carbocycles. The molecule has 0 bridgehead atoms. The topological polar surface area (TPSA) is 76.7 Å². The largest absolute Gasteiger partial charge is 0.482 e. The second kappa shape index (κ2) is 9.23. The van der Waals surface area contributed by atoms with E-state index in [1.165, 1.54) is 6.07 Å². The zero-order valence-corrected chi connectivity index (χ0v) is 15.9. The number of hydrazine groups is 1. The number of halogens is 2. The minimum Gasteiger partial charge on any atom is -0.482 e. The summed E-state index contributed by atoms with van der Waals surface area (Å²) in [5.41, 5.74) is 6.46. The summed E-state index contributed by atoms with van der Waals surface area (Å²) in [7, 11) is 0. The van der Waals surface area contributed by atoms with Crippen molar-refractivity contribution in [3.8, 4) is 11.5 Å². The van der Waals surface area contributed by atoms with Crippen LogP contribution in [0.25, 0.3) is 0 Å². The Kier molecular flexibility index (Phi) is 7.01. The number of hydrogen-bond donors (Lipinski definition) is 2. The van der Waals surface area contributed by atoms with Gasteiger partial charge in [0, 0.05) is 0 Å². The Bertz CT molecular complexity index is 844. The van der Waals surface area contributed by atoms with E-state index in [4.69, 9.17) is 21.1 Å². The van der Waals surface area contributed by atoms with Crippen molar-refractivity contribution in [2.45, 2.75) is 26.9 Å². The fourth-order valence-corrected chi connectivity index (χ4v) is 2.32. The first-order chi connectivity index (χ1) is 12.8. The fraction of sp³-hybridized carbons (Fsp3) is 0.263. The van der Waals surface area contributed by atoms with Crippen molar-refractivity contribution in [1.82, 2.24) is 10.9 Å². The molecule has 2 aromatic carbocycles. The average molecular weight is 395 g/mol. The minimum absolute atomic E-state index is 0.0439. The number of rotatable bonds is 6. The molecule has 1 atom stereocenters. The standard InChI is InChI=1S/C19H20ClFN2O4/c1-11-5-4-6-16(12(11)2)27-13(3)19(25)23-22-18(24)10-26-17-8-7-14(21)9-15(17)20/h4-9,13H,10H2,1-3H3,(H,22,24)(H,23,25)/t13-/m0/s1. The van der Waals surface area contributed by atoms with E-state index >= 15 is 0 Å². The predicted molar refractivity (Wildman–Crippen MR) is 99.2 cm³/mol. The summed E-state index contributed by atoms with van der Waals surface area (Å²) in [6.07, 6.45) is -0.821. The van der Waals surface area contributed by atoms with Crippen molar-refractivity contribution in [2.24, 2.45) is 0 Å². The third-order valence-corrected chi connectivity index (χ3v) is 4.10. The molecular weight excluding hydrogens is 375 g/mol. The average Bonchev–Trinajstić information content (AvgIpc) is 2.62. The lowest BCUT2D eigenvalue weighted by atomic mass is 10.1. The molecule has 0 radical (unpaired) electrons. The molecule has 0 saturated carbocycles. The Morgan fingerprint density at radius 1 is 1.15 bits per heavy atom. The summed E-state index contributed by atoms with van der Waals surface area (Å²) < 4.78 is 23.8. The van der Waals surface area contributed by atoms with Gasteiger partial charge < -0.3 is 9.47 Å². The number of hydrogen-bond acceptors (Lipinski definition) is 4. The van der Waals surface area contributed by atoms with Crippen LogP contribution < -0.4 is 20.3 Å². The number of aryl methyl sites for hydroxylation is 1. The van der Waals surface area contributed by atoms with Crippen molar-refractivity contribution >= 4 is 23.4 Å². The molecule has 144 valence electrons. The zero-order valence-electron chi connectivity index (χ0n) is 15.1. The van der Waals surface area contributed by atoms with E-state index in [0.717, 1.165) is 23.3 Å². The molecule has 2 aromatic rings. The number of ether oxygens (including phenoxy) is 2. The first-order valence-corrected chi connectivity index (χ1v) is 8.55. The van der Waals surface area contributed by atoms with Crippen LogP contribution in [0.2, 0.25) is 5.02 Å². The normalized spacial score (nSPS) is 11.4. The van der Waals surface area contributed by atoms with Gasteiger partial charge in [-0.25, -0.2) is 4.39 Å². The Morgan fingerprint density at radius 3 is 2.59 bits per heavy atom. The van der Waals surface area contributed by atoms with Crippen molar-refractivity contribution in [2.75, 3.05) is 6.61 Å². The molecule has 8 heteroatoms. The molecule has 0 spiro atoms. The smallest absolute Gasteiger partial charge is 0.279 e. The SMILES string of the molecule is Cc1cccc(O[C@@H](C)C(=O)NNC(=O)COc2ccc(F)cc2Cl)c1C. The molecule has 0 fully saturated rings. The summed E-state index contributed by atoms with van der Waals surface area (Å²) in [6, 6.07) is 9.09. The molecule has 0 unspecified atom stereocenters. The third kappa shape index (κ3) is 5.86. The molecular formula is C19H20ClFN2O4. The van der Waals surface area contributed by atoms with E-state index in [-0.39, 0.29) is 10.8 Å². The molecule has 27 heavy (non-hydrogen) atoms. The van der Waals surface area contributed by atoms with Gasteiger partial charge >= 0.3 is 0 Å². The fourth-order valence-electron chi connectivity index (χ4n) is 2.10. The Balaban J connectivity index is 1.80. The number of nitrogens with one attached hydrogen (secondary N) is 2. The van der Waals surface area contributed by atoms with E-state index in [9.17, 15) is 14.0 Å². The lowest BCUT2D eigenvalue weighted by Gasteiger charge is -2.17. The van der Waals surface area contributed by atoms with Crippen LogP contribution in [-0.2, 0) is 9.59 Å². The predicted octanol–water partition coefficient (Wildman–Crippen LogP) is 3.09. The van der Waals surface area contributed by atoms with Gasteiger partial charge in [-0.05, 0) is 56.2 Å². The number of amides is 2. The molecule has 2 N–H and O–H groups in total. The van der Waals surface area contributed by atoms with E-state index < -0.39 is 30.3 Å². The van der Waals surface area contributed by atoms with E-state index in [1.54, 1.807) is 13.0 Å². The van der Waals surface area contributed by atoms with Gasteiger partial charge in [-0.2, -0.15) is 0 Å². The molecule has 0 aromatic heterocycles. The van der Waals surface area contributed by atoms with Crippen LogP contribution in [0, 0.1) is 19.7 Å². The molecule has 2 rings (SSSR count). The highest BCUT2D eigenvalue weighted by atomic mass is 35.5. The Labute approximate surface area is 161 Å². The maximum atomic E-state index is 13.0. The Hall–Kier alpha value is -2.80. The zero-order chi connectivity index (χ0) is 20.0. The van der Waals surface area contributed by atoms with Crippen molar-refractivity contribution in [3.63, 3.8) is 0 Å². The summed E-state index contributed by atoms with van der Waals surface area (Å²) >= 11 is 5.80. The van der Waals surface area contributed by atoms with Crippen LogP contribution in [0.5, 0.6) is 11.5 Å². The van der Waals surface area contributed by atoms with Gasteiger partial charge in [0.05, 0.1) is 5.02 Å². The van der Waals surface area contributed by atoms with E-state index in [2.05, 4.69) is 10.9 Å². The molecule has 2 amide bonds. The molecule has 0 heterocycles. The maximum Gasteiger partial charge on any atom is 0.279 e. The first kappa shape index (κ1) is 20.5. The van der Waals surface area contributed by atoms with Gasteiger partial charge in [0.2, 0.25) is 0 Å². The maximum absolute atomic E-state index is 13.0. The lowest BCUT2D eigenvalue weighted by Crippen LogP contribution is -2.48. The molecule has 0 aliphatic rings. The molecule has 6 nitrogen and oxygen atoms in total. The first-order valence-electron chi connectivity index (χ1n) is 8.17. The monoisotopic (exact) mass is 394 g/mol. The summed E-state index contributed by atoms with van der Waals surface area (Å²) in [5, 5.41) is 0.0439. The number of carbonyl (C=O) groups excluding carboxylic acids is 2. The van der Waals surface area contributed by atoms with Crippen molar-refractivity contribution in [1.29, 1.82) is 0 Å². The van der Waals surface area contributed by atoms with Gasteiger partial charge in [0.15, 0.2) is 12.7 Å². The lowest BCUT2D eigenvalue weighted by molar-refractivity contribution is -0.133. The second-order valence-corrected chi connectivity index (χ2v) is 6.27. The van der Waals surface area contributed by atoms with Gasteiger partial charge in [-0.3, -0.25) is 20.4 Å². The van der Waals surface area contributed by atoms with Gasteiger partial charge in [-0.1, -0.05) is 23.7 Å². The van der Waals surface area contributed by atoms with Crippen LogP contribution in [0.3, 0.4) is 0 Å². The number of benzene rings is 2. The van der Waals surface area contributed by atoms with Crippen LogP contribution >= 0.6 is 11.6 Å². The van der Waals surface area contributed by atoms with E-state index in [1.807, 2.05) is 26.0 Å². The van der Waals surface area contributed by atoms with Gasteiger partial charge in [-0.15, -0.1) is 0 Å². The van der Waals surface area contributed by atoms with Gasteiger partial charge in [0.1, 0.15) is 17.3 Å². The summed E-state index contributed by atoms with van der Waals surface area (Å²) in [5.74, 6) is -0.891. The second-order valence-electron chi connectivity index (χ2n) is 5.86.